The summed E-state index contributed by atoms with van der Waals surface area (Å²) in [4.78, 5) is 36.3. The van der Waals surface area contributed by atoms with Crippen LogP contribution in [0.3, 0.4) is 0 Å². The molecule has 1 atom stereocenters. The number of thiophene rings is 1. The lowest BCUT2D eigenvalue weighted by atomic mass is 9.90. The molecule has 0 saturated carbocycles. The first-order valence-electron chi connectivity index (χ1n) is 11.1. The Morgan fingerprint density at radius 1 is 1.15 bits per heavy atom. The highest BCUT2D eigenvalue weighted by molar-refractivity contribution is 7.10. The molecular formula is C26H25N3O4S. The van der Waals surface area contributed by atoms with E-state index >= 15 is 0 Å². The maximum atomic E-state index is 13.5. The molecule has 7 nitrogen and oxygen atoms in total. The second-order valence-electron chi connectivity index (χ2n) is 8.19. The van der Waals surface area contributed by atoms with Crippen molar-refractivity contribution < 1.29 is 14.3 Å². The van der Waals surface area contributed by atoms with Gasteiger partial charge in [-0.15, -0.1) is 11.3 Å². The molecule has 0 bridgehead atoms. The number of rotatable bonds is 6. The quantitative estimate of drug-likeness (QED) is 0.454. The van der Waals surface area contributed by atoms with Crippen molar-refractivity contribution >= 4 is 28.1 Å². The first kappa shape index (κ1) is 22.2. The van der Waals surface area contributed by atoms with E-state index in [1.807, 2.05) is 46.7 Å². The van der Waals surface area contributed by atoms with E-state index in [0.717, 1.165) is 22.4 Å². The highest BCUT2D eigenvalue weighted by atomic mass is 32.1. The molecule has 1 N–H and O–H groups in total. The number of aromatic nitrogens is 2. The number of methoxy groups -OCH3 is 2. The van der Waals surface area contributed by atoms with Gasteiger partial charge < -0.3 is 19.4 Å². The van der Waals surface area contributed by atoms with Gasteiger partial charge in [-0.25, -0.2) is 4.98 Å². The summed E-state index contributed by atoms with van der Waals surface area (Å²) in [6, 6.07) is 15.1. The van der Waals surface area contributed by atoms with Crippen LogP contribution in [0.1, 0.15) is 34.3 Å². The third-order valence-corrected chi connectivity index (χ3v) is 7.17. The van der Waals surface area contributed by atoms with Crippen molar-refractivity contribution in [3.8, 4) is 11.5 Å². The maximum absolute atomic E-state index is 13.5. The molecule has 4 aromatic rings. The number of carbonyl (C=O) groups excluding carboxylic acids is 1. The van der Waals surface area contributed by atoms with Crippen LogP contribution < -0.4 is 15.0 Å². The van der Waals surface area contributed by atoms with Gasteiger partial charge in [0.15, 0.2) is 11.5 Å². The van der Waals surface area contributed by atoms with Crippen molar-refractivity contribution in [1.82, 2.24) is 14.9 Å². The highest BCUT2D eigenvalue weighted by Crippen LogP contribution is 2.42. The molecule has 2 aromatic carbocycles. The fourth-order valence-electron chi connectivity index (χ4n) is 4.59. The van der Waals surface area contributed by atoms with Crippen LogP contribution in [-0.2, 0) is 17.6 Å². The summed E-state index contributed by atoms with van der Waals surface area (Å²) in [7, 11) is 3.25. The molecule has 0 aliphatic carbocycles. The number of H-pyrrole nitrogens is 1. The number of amides is 1. The Balaban J connectivity index is 1.44. The summed E-state index contributed by atoms with van der Waals surface area (Å²) >= 11 is 1.63. The van der Waals surface area contributed by atoms with Crippen molar-refractivity contribution in [2.45, 2.75) is 25.3 Å². The van der Waals surface area contributed by atoms with Gasteiger partial charge in [0.05, 0.1) is 31.2 Å². The minimum Gasteiger partial charge on any atom is -0.493 e. The Bertz CT molecular complexity index is 1400. The van der Waals surface area contributed by atoms with E-state index in [1.54, 1.807) is 31.6 Å². The summed E-state index contributed by atoms with van der Waals surface area (Å²) in [5.41, 5.74) is 2.66. The van der Waals surface area contributed by atoms with Gasteiger partial charge in [-0.3, -0.25) is 9.59 Å². The number of hydrogen-bond acceptors (Lipinski definition) is 6. The van der Waals surface area contributed by atoms with Crippen molar-refractivity contribution in [1.29, 1.82) is 0 Å². The third-order valence-electron chi connectivity index (χ3n) is 6.24. The van der Waals surface area contributed by atoms with E-state index in [1.165, 1.54) is 0 Å². The van der Waals surface area contributed by atoms with Gasteiger partial charge in [-0.05, 0) is 53.3 Å². The molecule has 174 valence electrons. The van der Waals surface area contributed by atoms with Gasteiger partial charge in [-0.1, -0.05) is 18.2 Å². The standard InChI is InChI=1S/C26H25N3O4S/c1-32-20-14-16-11-12-29(25(22-8-5-13-34-22)18(16)15-21(20)33-2)24(30)10-9-23-27-19-7-4-3-6-17(19)26(31)28-23/h3-8,13-15,25H,9-12H2,1-2H3,(H,27,28,31)/t25-/m1/s1. The molecule has 5 rings (SSSR count). The normalized spacial score (nSPS) is 15.2. The van der Waals surface area contributed by atoms with E-state index in [0.29, 0.717) is 41.2 Å². The second-order valence-corrected chi connectivity index (χ2v) is 9.17. The van der Waals surface area contributed by atoms with Gasteiger partial charge in [-0.2, -0.15) is 0 Å². The van der Waals surface area contributed by atoms with Crippen LogP contribution in [0.5, 0.6) is 11.5 Å². The van der Waals surface area contributed by atoms with Crippen molar-refractivity contribution in [3.05, 3.63) is 86.1 Å². The Hall–Kier alpha value is -3.65. The first-order chi connectivity index (χ1) is 16.6. The lowest BCUT2D eigenvalue weighted by molar-refractivity contribution is -0.133. The topological polar surface area (TPSA) is 84.5 Å². The SMILES string of the molecule is COc1cc2c(cc1OC)[C@H](c1cccs1)N(C(=O)CCc1nc3ccccc3c(=O)[nH]1)CC2. The van der Waals surface area contributed by atoms with E-state index in [-0.39, 0.29) is 23.9 Å². The van der Waals surface area contributed by atoms with Crippen molar-refractivity contribution in [3.63, 3.8) is 0 Å². The van der Waals surface area contributed by atoms with Crippen LogP contribution in [0.4, 0.5) is 0 Å². The highest BCUT2D eigenvalue weighted by Gasteiger charge is 2.33. The number of fused-ring (bicyclic) bond motifs is 2. The Kier molecular flexibility index (Phi) is 6.06. The molecule has 0 unspecified atom stereocenters. The minimum absolute atomic E-state index is 0.0228. The van der Waals surface area contributed by atoms with Crippen LogP contribution >= 0.6 is 11.3 Å². The maximum Gasteiger partial charge on any atom is 0.258 e. The molecular weight excluding hydrogens is 450 g/mol. The van der Waals surface area contributed by atoms with Gasteiger partial charge in [0.2, 0.25) is 5.91 Å². The Labute approximate surface area is 201 Å². The number of ether oxygens (including phenoxy) is 2. The molecule has 2 aromatic heterocycles. The third kappa shape index (κ3) is 4.05. The van der Waals surface area contributed by atoms with Gasteiger partial charge >= 0.3 is 0 Å². The molecule has 0 fully saturated rings. The lowest BCUT2D eigenvalue weighted by Gasteiger charge is -2.37. The van der Waals surface area contributed by atoms with Gasteiger partial charge in [0.1, 0.15) is 5.82 Å². The molecule has 8 heteroatoms. The van der Waals surface area contributed by atoms with E-state index in [9.17, 15) is 9.59 Å². The zero-order valence-corrected chi connectivity index (χ0v) is 19.9. The summed E-state index contributed by atoms with van der Waals surface area (Å²) in [6.07, 6.45) is 1.35. The fraction of sp³-hybridized carbons (Fsp3) is 0.269. The van der Waals surface area contributed by atoms with Crippen molar-refractivity contribution in [2.75, 3.05) is 20.8 Å². The zero-order valence-electron chi connectivity index (χ0n) is 19.0. The van der Waals surface area contributed by atoms with E-state index < -0.39 is 0 Å². The Morgan fingerprint density at radius 2 is 1.94 bits per heavy atom. The van der Waals surface area contributed by atoms with Crippen LogP contribution in [0.25, 0.3) is 10.9 Å². The predicted molar refractivity (Wildman–Crippen MR) is 132 cm³/mol. The number of hydrogen-bond donors (Lipinski definition) is 1. The zero-order chi connectivity index (χ0) is 23.7. The summed E-state index contributed by atoms with van der Waals surface area (Å²) in [5, 5.41) is 2.57. The summed E-state index contributed by atoms with van der Waals surface area (Å²) in [6.45, 7) is 0.603. The van der Waals surface area contributed by atoms with Crippen LogP contribution in [-0.4, -0.2) is 41.5 Å². The van der Waals surface area contributed by atoms with Crippen molar-refractivity contribution in [2.24, 2.45) is 0 Å². The average molecular weight is 476 g/mol. The molecule has 0 radical (unpaired) electrons. The number of nitrogens with zero attached hydrogens (tertiary/aromatic N) is 2. The Morgan fingerprint density at radius 3 is 2.71 bits per heavy atom. The van der Waals surface area contributed by atoms with E-state index in [2.05, 4.69) is 16.0 Å². The minimum atomic E-state index is -0.195. The van der Waals surface area contributed by atoms with Crippen LogP contribution in [0.15, 0.2) is 58.7 Å². The molecule has 34 heavy (non-hydrogen) atoms. The molecule has 3 heterocycles. The number of aryl methyl sites for hydroxylation is 1. The van der Waals surface area contributed by atoms with E-state index in [4.69, 9.17) is 9.47 Å². The number of benzene rings is 2. The lowest BCUT2D eigenvalue weighted by Crippen LogP contribution is -2.40. The number of carbonyl (C=O) groups is 1. The number of aromatic amines is 1. The summed E-state index contributed by atoms with van der Waals surface area (Å²) < 4.78 is 11.0. The van der Waals surface area contributed by atoms with Gasteiger partial charge in [0, 0.05) is 24.3 Å². The molecule has 1 amide bonds. The largest absolute Gasteiger partial charge is 0.493 e. The fourth-order valence-corrected chi connectivity index (χ4v) is 5.44. The first-order valence-corrected chi connectivity index (χ1v) is 12.0. The second kappa shape index (κ2) is 9.30. The van der Waals surface area contributed by atoms with Gasteiger partial charge in [0.25, 0.3) is 5.56 Å². The molecule has 1 aliphatic heterocycles. The van der Waals surface area contributed by atoms with Crippen LogP contribution in [0, 0.1) is 0 Å². The number of para-hydroxylation sites is 1. The molecule has 0 spiro atoms. The summed E-state index contributed by atoms with van der Waals surface area (Å²) in [5.74, 6) is 1.88. The monoisotopic (exact) mass is 475 g/mol. The van der Waals surface area contributed by atoms with Crippen LogP contribution in [0.2, 0.25) is 0 Å². The smallest absolute Gasteiger partial charge is 0.258 e. The number of nitrogens with one attached hydrogen (secondary N) is 1. The molecule has 1 aliphatic rings. The average Bonchev–Trinajstić information content (AvgIpc) is 3.40. The predicted octanol–water partition coefficient (Wildman–Crippen LogP) is 4.11. The molecule has 0 saturated heterocycles.